The summed E-state index contributed by atoms with van der Waals surface area (Å²) in [5.41, 5.74) is 6.79. The van der Waals surface area contributed by atoms with E-state index in [9.17, 15) is 23.5 Å². The highest BCUT2D eigenvalue weighted by molar-refractivity contribution is 6.03. The van der Waals surface area contributed by atoms with Crippen LogP contribution in [-0.4, -0.2) is 42.5 Å². The number of allylic oxidation sites excluding steroid dienone is 1. The fourth-order valence-corrected chi connectivity index (χ4v) is 4.86. The molecule has 2 rings (SSSR count). The summed E-state index contributed by atoms with van der Waals surface area (Å²) < 4.78 is 39.9. The second kappa shape index (κ2) is 13.7. The number of fused-ring (bicyclic) bond motifs is 2. The van der Waals surface area contributed by atoms with Crippen LogP contribution in [0.2, 0.25) is 0 Å². The molecule has 2 bridgehead atoms. The highest BCUT2D eigenvalue weighted by atomic mass is 19.2. The molecule has 0 unspecified atom stereocenters. The van der Waals surface area contributed by atoms with Crippen molar-refractivity contribution in [2.24, 2.45) is 23.5 Å². The SMILES string of the molecule is CO[C@H]1C[C@H](C)Cc2cc(cc(F)c2F)NC(=O)/C(C)=C/CC[C@H](C)[C@@H](OC(N)=O)/C(C)=C/[C@H](C)[C@H]1O. The van der Waals surface area contributed by atoms with Gasteiger partial charge in [0.1, 0.15) is 6.10 Å². The van der Waals surface area contributed by atoms with Crippen LogP contribution in [0.25, 0.3) is 0 Å². The summed E-state index contributed by atoms with van der Waals surface area (Å²) in [6.07, 6.45) is 2.27. The van der Waals surface area contributed by atoms with Crippen molar-refractivity contribution < 1.29 is 33.0 Å². The zero-order chi connectivity index (χ0) is 27.9. The summed E-state index contributed by atoms with van der Waals surface area (Å²) in [6.45, 7) is 9.07. The molecule has 1 heterocycles. The molecule has 0 aromatic heterocycles. The number of primary amides is 1. The van der Waals surface area contributed by atoms with Crippen molar-refractivity contribution in [3.63, 3.8) is 0 Å². The number of carbonyl (C=O) groups excluding carboxylic acids is 2. The molecule has 6 atom stereocenters. The van der Waals surface area contributed by atoms with Crippen LogP contribution in [0, 0.1) is 29.4 Å². The maximum absolute atomic E-state index is 14.6. The Kier molecular flexibility index (Phi) is 11.3. The van der Waals surface area contributed by atoms with Gasteiger partial charge in [0.2, 0.25) is 0 Å². The van der Waals surface area contributed by atoms with E-state index < -0.39 is 41.9 Å². The lowest BCUT2D eigenvalue weighted by Crippen LogP contribution is -2.35. The molecular weight excluding hydrogens is 482 g/mol. The Morgan fingerprint density at radius 2 is 1.86 bits per heavy atom. The van der Waals surface area contributed by atoms with Gasteiger partial charge in [-0.25, -0.2) is 13.6 Å². The van der Waals surface area contributed by atoms with Crippen LogP contribution in [0.4, 0.5) is 19.3 Å². The van der Waals surface area contributed by atoms with E-state index in [0.29, 0.717) is 24.8 Å². The minimum absolute atomic E-state index is 0.130. The number of ether oxygens (including phenoxy) is 2. The molecule has 9 heteroatoms. The molecule has 1 aliphatic rings. The number of methoxy groups -OCH3 is 1. The number of aliphatic hydroxyl groups excluding tert-OH is 1. The van der Waals surface area contributed by atoms with Gasteiger partial charge in [0.25, 0.3) is 5.91 Å². The van der Waals surface area contributed by atoms with Gasteiger partial charge in [-0.2, -0.15) is 0 Å². The molecule has 2 amide bonds. The van der Waals surface area contributed by atoms with E-state index in [2.05, 4.69) is 5.32 Å². The Hall–Kier alpha value is -2.78. The number of rotatable bonds is 2. The number of benzene rings is 1. The third-order valence-electron chi connectivity index (χ3n) is 6.95. The average Bonchev–Trinajstić information content (AvgIpc) is 2.82. The molecule has 37 heavy (non-hydrogen) atoms. The summed E-state index contributed by atoms with van der Waals surface area (Å²) in [6, 6.07) is 2.40. The Balaban J connectivity index is 2.47. The molecular formula is C28H40F2N2O5. The van der Waals surface area contributed by atoms with Crippen LogP contribution in [0.3, 0.4) is 0 Å². The first-order valence-corrected chi connectivity index (χ1v) is 12.6. The minimum atomic E-state index is -1.04. The molecule has 1 aromatic carbocycles. The number of hydrogen-bond acceptors (Lipinski definition) is 5. The van der Waals surface area contributed by atoms with Crippen LogP contribution >= 0.6 is 0 Å². The molecule has 0 spiro atoms. The third kappa shape index (κ3) is 8.64. The van der Waals surface area contributed by atoms with E-state index in [-0.39, 0.29) is 35.4 Å². The van der Waals surface area contributed by atoms with Crippen LogP contribution in [0.15, 0.2) is 35.4 Å². The van der Waals surface area contributed by atoms with Gasteiger partial charge in [0.05, 0.1) is 12.2 Å². The lowest BCUT2D eigenvalue weighted by atomic mass is 9.87. The number of carbonyl (C=O) groups is 2. The molecule has 1 aliphatic heterocycles. The van der Waals surface area contributed by atoms with Crippen molar-refractivity contribution in [1.29, 1.82) is 0 Å². The standard InChI is InChI=1S/C28H40F2N2O5/c1-15-10-20-13-21(14-22(29)24(20)30)32-27(34)17(3)9-7-8-16(2)26(37-28(31)35)19(5)12-18(4)25(33)23(11-15)36-6/h9,12-16,18,23,25-26,33H,7-8,10-11H2,1-6H3,(H2,31,35)(H,32,34)/b17-9+,19-12+/t15-,16+,18+,23+,25-,26-/m1/s1. The maximum Gasteiger partial charge on any atom is 0.405 e. The molecule has 206 valence electrons. The first-order chi connectivity index (χ1) is 17.3. The maximum atomic E-state index is 14.6. The minimum Gasteiger partial charge on any atom is -0.442 e. The van der Waals surface area contributed by atoms with E-state index >= 15 is 0 Å². The molecule has 4 N–H and O–H groups in total. The number of hydrogen-bond donors (Lipinski definition) is 3. The number of nitrogens with two attached hydrogens (primary N) is 1. The van der Waals surface area contributed by atoms with Gasteiger partial charge in [0, 0.05) is 30.4 Å². The van der Waals surface area contributed by atoms with Crippen LogP contribution in [-0.2, 0) is 20.7 Å². The number of amides is 2. The zero-order valence-electron chi connectivity index (χ0n) is 22.5. The summed E-state index contributed by atoms with van der Waals surface area (Å²) in [5, 5.41) is 13.7. The van der Waals surface area contributed by atoms with Crippen molar-refractivity contribution in [2.75, 3.05) is 12.4 Å². The summed E-state index contributed by atoms with van der Waals surface area (Å²) in [7, 11) is 1.49. The van der Waals surface area contributed by atoms with E-state index in [0.717, 1.165) is 11.6 Å². The van der Waals surface area contributed by atoms with Crippen LogP contribution in [0.5, 0.6) is 0 Å². The predicted octanol–water partition coefficient (Wildman–Crippen LogP) is 5.27. The largest absolute Gasteiger partial charge is 0.442 e. The Bertz CT molecular complexity index is 1030. The summed E-state index contributed by atoms with van der Waals surface area (Å²) in [4.78, 5) is 24.3. The average molecular weight is 523 g/mol. The summed E-state index contributed by atoms with van der Waals surface area (Å²) in [5.74, 6) is -3.08. The highest BCUT2D eigenvalue weighted by Crippen LogP contribution is 2.28. The van der Waals surface area contributed by atoms with Crippen molar-refractivity contribution in [1.82, 2.24) is 0 Å². The zero-order valence-corrected chi connectivity index (χ0v) is 22.5. The quantitative estimate of drug-likeness (QED) is 0.458. The highest BCUT2D eigenvalue weighted by Gasteiger charge is 2.29. The molecule has 7 nitrogen and oxygen atoms in total. The van der Waals surface area contributed by atoms with E-state index in [1.165, 1.54) is 13.2 Å². The van der Waals surface area contributed by atoms with Gasteiger partial charge in [-0.15, -0.1) is 0 Å². The Morgan fingerprint density at radius 3 is 2.49 bits per heavy atom. The number of anilines is 1. The number of aliphatic hydroxyl groups is 1. The first-order valence-electron chi connectivity index (χ1n) is 12.6. The van der Waals surface area contributed by atoms with Crippen LogP contribution in [0.1, 0.15) is 59.4 Å². The first kappa shape index (κ1) is 30.4. The topological polar surface area (TPSA) is 111 Å². The fraction of sp³-hybridized carbons (Fsp3) is 0.571. The van der Waals surface area contributed by atoms with E-state index in [1.54, 1.807) is 13.0 Å². The van der Waals surface area contributed by atoms with Crippen molar-refractivity contribution in [2.45, 2.75) is 78.6 Å². The second-order valence-corrected chi connectivity index (χ2v) is 10.3. The smallest absolute Gasteiger partial charge is 0.405 e. The van der Waals surface area contributed by atoms with Gasteiger partial charge < -0.3 is 25.6 Å². The van der Waals surface area contributed by atoms with Gasteiger partial charge in [0.15, 0.2) is 11.6 Å². The van der Waals surface area contributed by atoms with E-state index in [4.69, 9.17) is 15.2 Å². The Labute approximate surface area is 218 Å². The van der Waals surface area contributed by atoms with Gasteiger partial charge in [-0.05, 0) is 68.6 Å². The number of halogens is 2. The Morgan fingerprint density at radius 1 is 1.19 bits per heavy atom. The molecule has 0 aliphatic carbocycles. The lowest BCUT2D eigenvalue weighted by Gasteiger charge is -2.29. The van der Waals surface area contributed by atoms with Crippen molar-refractivity contribution in [3.8, 4) is 0 Å². The molecule has 1 aromatic rings. The molecule has 0 radical (unpaired) electrons. The molecule has 0 fully saturated rings. The summed E-state index contributed by atoms with van der Waals surface area (Å²) >= 11 is 0. The second-order valence-electron chi connectivity index (χ2n) is 10.3. The lowest BCUT2D eigenvalue weighted by molar-refractivity contribution is -0.112. The van der Waals surface area contributed by atoms with Crippen LogP contribution < -0.4 is 11.1 Å². The third-order valence-corrected chi connectivity index (χ3v) is 6.95. The van der Waals surface area contributed by atoms with Gasteiger partial charge in [-0.1, -0.05) is 32.9 Å². The molecule has 0 saturated carbocycles. The molecule has 0 saturated heterocycles. The van der Waals surface area contributed by atoms with Gasteiger partial charge in [-0.3, -0.25) is 4.79 Å². The predicted molar refractivity (Wildman–Crippen MR) is 139 cm³/mol. The normalized spacial score (nSPS) is 31.4. The monoisotopic (exact) mass is 522 g/mol. The van der Waals surface area contributed by atoms with Gasteiger partial charge >= 0.3 is 6.09 Å². The number of nitrogens with one attached hydrogen (secondary N) is 1. The van der Waals surface area contributed by atoms with Crippen molar-refractivity contribution >= 4 is 17.7 Å². The fourth-order valence-electron chi connectivity index (χ4n) is 4.86. The van der Waals surface area contributed by atoms with Crippen molar-refractivity contribution in [3.05, 3.63) is 52.6 Å². The van der Waals surface area contributed by atoms with E-state index in [1.807, 2.05) is 33.8 Å².